The molecule has 28 heavy (non-hydrogen) atoms. The van der Waals surface area contributed by atoms with Crippen LogP contribution in [0.15, 0.2) is 15.3 Å². The van der Waals surface area contributed by atoms with E-state index < -0.39 is 5.63 Å². The van der Waals surface area contributed by atoms with Gasteiger partial charge in [-0.15, -0.1) is 0 Å². The molecule has 6 nitrogen and oxygen atoms in total. The van der Waals surface area contributed by atoms with Gasteiger partial charge in [-0.05, 0) is 76.7 Å². The summed E-state index contributed by atoms with van der Waals surface area (Å²) >= 11 is 0. The summed E-state index contributed by atoms with van der Waals surface area (Å²) in [5.41, 5.74) is 0.507. The third-order valence-corrected chi connectivity index (χ3v) is 6.74. The Balaban J connectivity index is 1.42. The molecule has 0 spiro atoms. The second-order valence-electron chi connectivity index (χ2n) is 8.66. The molecule has 4 heterocycles. The Morgan fingerprint density at radius 1 is 1.07 bits per heavy atom. The smallest absolute Gasteiger partial charge is 0.349 e. The summed E-state index contributed by atoms with van der Waals surface area (Å²) < 4.78 is 5.61. The zero-order chi connectivity index (χ0) is 19.5. The zero-order valence-corrected chi connectivity index (χ0v) is 17.0. The molecule has 1 N–H and O–H groups in total. The maximum atomic E-state index is 13.1. The van der Waals surface area contributed by atoms with Gasteiger partial charge in [-0.1, -0.05) is 6.42 Å². The van der Waals surface area contributed by atoms with Crippen molar-refractivity contribution in [2.24, 2.45) is 0 Å². The number of hydrogen-bond acceptors (Lipinski definition) is 5. The maximum Gasteiger partial charge on any atom is 0.349 e. The third kappa shape index (κ3) is 4.18. The van der Waals surface area contributed by atoms with Crippen molar-refractivity contribution in [1.82, 2.24) is 15.1 Å². The van der Waals surface area contributed by atoms with E-state index in [2.05, 4.69) is 10.2 Å². The first-order valence-corrected chi connectivity index (χ1v) is 11.0. The van der Waals surface area contributed by atoms with E-state index >= 15 is 0 Å². The SMILES string of the molecule is Cc1cc(C2CCCNC2)oc(=O)c1C(=O)N1CCC(N2CCCCC2)CC1. The molecular weight excluding hydrogens is 354 g/mol. The van der Waals surface area contributed by atoms with Crippen LogP contribution < -0.4 is 10.9 Å². The van der Waals surface area contributed by atoms with Crippen LogP contribution in [0.2, 0.25) is 0 Å². The van der Waals surface area contributed by atoms with Crippen LogP contribution >= 0.6 is 0 Å². The predicted molar refractivity (Wildman–Crippen MR) is 109 cm³/mol. The molecule has 0 saturated carbocycles. The molecule has 3 aliphatic heterocycles. The molecule has 0 aliphatic carbocycles. The van der Waals surface area contributed by atoms with Crippen LogP contribution in [0.1, 0.15) is 72.5 Å². The first-order valence-electron chi connectivity index (χ1n) is 11.0. The van der Waals surface area contributed by atoms with Crippen LogP contribution in [-0.4, -0.2) is 61.0 Å². The van der Waals surface area contributed by atoms with Crippen molar-refractivity contribution < 1.29 is 9.21 Å². The first kappa shape index (κ1) is 19.6. The van der Waals surface area contributed by atoms with E-state index in [4.69, 9.17) is 4.42 Å². The molecule has 0 radical (unpaired) electrons. The van der Waals surface area contributed by atoms with Gasteiger partial charge in [0, 0.05) is 31.6 Å². The molecule has 1 amide bonds. The van der Waals surface area contributed by atoms with Crippen molar-refractivity contribution in [3.05, 3.63) is 33.4 Å². The minimum absolute atomic E-state index is 0.156. The largest absolute Gasteiger partial charge is 0.427 e. The number of hydrogen-bond donors (Lipinski definition) is 1. The molecular formula is C22H33N3O3. The molecule has 3 fully saturated rings. The van der Waals surface area contributed by atoms with Crippen LogP contribution in [-0.2, 0) is 0 Å². The fourth-order valence-corrected chi connectivity index (χ4v) is 5.06. The predicted octanol–water partition coefficient (Wildman–Crippen LogP) is 2.51. The summed E-state index contributed by atoms with van der Waals surface area (Å²) in [6.07, 6.45) is 8.04. The van der Waals surface area contributed by atoms with E-state index in [1.54, 1.807) is 0 Å². The lowest BCUT2D eigenvalue weighted by Gasteiger charge is -2.40. The minimum atomic E-state index is -0.469. The zero-order valence-electron chi connectivity index (χ0n) is 17.0. The van der Waals surface area contributed by atoms with Crippen molar-refractivity contribution in [3.8, 4) is 0 Å². The highest BCUT2D eigenvalue weighted by Crippen LogP contribution is 2.25. The van der Waals surface area contributed by atoms with Gasteiger partial charge in [-0.3, -0.25) is 4.79 Å². The standard InChI is InChI=1S/C22H33N3O3/c1-16-14-19(17-6-5-9-23-15-17)28-22(27)20(16)21(26)25-12-7-18(8-13-25)24-10-3-2-4-11-24/h14,17-18,23H,2-13,15H2,1H3. The van der Waals surface area contributed by atoms with Crippen molar-refractivity contribution >= 4 is 5.91 Å². The second kappa shape index (κ2) is 8.78. The number of carbonyl (C=O) groups is 1. The number of likely N-dealkylation sites (tertiary alicyclic amines) is 2. The van der Waals surface area contributed by atoms with E-state index in [-0.39, 0.29) is 17.4 Å². The number of amides is 1. The highest BCUT2D eigenvalue weighted by Gasteiger charge is 2.30. The number of carbonyl (C=O) groups excluding carboxylic acids is 1. The number of rotatable bonds is 3. The monoisotopic (exact) mass is 387 g/mol. The van der Waals surface area contributed by atoms with E-state index in [1.165, 1.54) is 32.4 Å². The molecule has 1 aromatic rings. The van der Waals surface area contributed by atoms with Gasteiger partial charge in [0.15, 0.2) is 0 Å². The Labute approximate surface area is 167 Å². The summed E-state index contributed by atoms with van der Waals surface area (Å²) in [7, 11) is 0. The van der Waals surface area contributed by atoms with Gasteiger partial charge < -0.3 is 19.5 Å². The lowest BCUT2D eigenvalue weighted by atomic mass is 9.95. The molecule has 1 unspecified atom stereocenters. The van der Waals surface area contributed by atoms with Crippen molar-refractivity contribution in [2.75, 3.05) is 39.3 Å². The van der Waals surface area contributed by atoms with E-state index in [0.29, 0.717) is 6.04 Å². The fourth-order valence-electron chi connectivity index (χ4n) is 5.06. The van der Waals surface area contributed by atoms with Crippen LogP contribution in [0.4, 0.5) is 0 Å². The Kier molecular flexibility index (Phi) is 6.16. The molecule has 4 rings (SSSR count). The average molecular weight is 388 g/mol. The molecule has 0 bridgehead atoms. The molecule has 6 heteroatoms. The van der Waals surface area contributed by atoms with Gasteiger partial charge in [0.05, 0.1) is 0 Å². The topological polar surface area (TPSA) is 65.8 Å². The van der Waals surface area contributed by atoms with Gasteiger partial charge >= 0.3 is 5.63 Å². The van der Waals surface area contributed by atoms with Crippen LogP contribution in [0.3, 0.4) is 0 Å². The average Bonchev–Trinajstić information content (AvgIpc) is 2.74. The van der Waals surface area contributed by atoms with Crippen molar-refractivity contribution in [2.45, 2.75) is 63.8 Å². The Hall–Kier alpha value is -1.66. The first-order chi connectivity index (χ1) is 13.6. The Morgan fingerprint density at radius 3 is 2.46 bits per heavy atom. The van der Waals surface area contributed by atoms with Gasteiger partial charge in [-0.2, -0.15) is 0 Å². The molecule has 1 atom stereocenters. The third-order valence-electron chi connectivity index (χ3n) is 6.74. The Morgan fingerprint density at radius 2 is 1.82 bits per heavy atom. The van der Waals surface area contributed by atoms with Gasteiger partial charge in [-0.25, -0.2) is 4.79 Å². The van der Waals surface area contributed by atoms with Gasteiger partial charge in [0.1, 0.15) is 11.3 Å². The van der Waals surface area contributed by atoms with Crippen molar-refractivity contribution in [1.29, 1.82) is 0 Å². The highest BCUT2D eigenvalue weighted by atomic mass is 16.4. The number of aryl methyl sites for hydroxylation is 1. The number of nitrogens with zero attached hydrogens (tertiary/aromatic N) is 2. The quantitative estimate of drug-likeness (QED) is 0.863. The summed E-state index contributed by atoms with van der Waals surface area (Å²) in [6.45, 7) is 7.56. The van der Waals surface area contributed by atoms with Crippen molar-refractivity contribution in [3.63, 3.8) is 0 Å². The molecule has 154 valence electrons. The highest BCUT2D eigenvalue weighted by molar-refractivity contribution is 5.95. The van der Waals surface area contributed by atoms with E-state index in [1.807, 2.05) is 17.9 Å². The summed E-state index contributed by atoms with van der Waals surface area (Å²) in [6, 6.07) is 2.50. The molecule has 0 aromatic carbocycles. The fraction of sp³-hybridized carbons (Fsp3) is 0.727. The van der Waals surface area contributed by atoms with E-state index in [0.717, 1.165) is 63.2 Å². The van der Waals surface area contributed by atoms with Gasteiger partial charge in [0.25, 0.3) is 5.91 Å². The van der Waals surface area contributed by atoms with E-state index in [9.17, 15) is 9.59 Å². The maximum absolute atomic E-state index is 13.1. The normalized spacial score (nSPS) is 25.0. The molecule has 3 saturated heterocycles. The molecule has 3 aliphatic rings. The number of piperidine rings is 3. The number of nitrogens with one attached hydrogen (secondary N) is 1. The summed E-state index contributed by atoms with van der Waals surface area (Å²) in [4.78, 5) is 30.2. The lowest BCUT2D eigenvalue weighted by Crippen LogP contribution is -2.48. The molecule has 1 aromatic heterocycles. The minimum Gasteiger partial charge on any atom is -0.427 e. The van der Waals surface area contributed by atoms with Crippen LogP contribution in [0, 0.1) is 6.92 Å². The van der Waals surface area contributed by atoms with Gasteiger partial charge in [0.2, 0.25) is 0 Å². The van der Waals surface area contributed by atoms with Crippen LogP contribution in [0.5, 0.6) is 0 Å². The second-order valence-corrected chi connectivity index (χ2v) is 8.66. The summed E-state index contributed by atoms with van der Waals surface area (Å²) in [5.74, 6) is 0.788. The Bertz CT molecular complexity index is 740. The summed E-state index contributed by atoms with van der Waals surface area (Å²) in [5, 5.41) is 3.35. The van der Waals surface area contributed by atoms with Crippen LogP contribution in [0.25, 0.3) is 0 Å². The lowest BCUT2D eigenvalue weighted by molar-refractivity contribution is 0.0585.